The molecule has 0 bridgehead atoms. The molecule has 31 heavy (non-hydrogen) atoms. The van der Waals surface area contributed by atoms with E-state index in [4.69, 9.17) is 9.68 Å². The van der Waals surface area contributed by atoms with Crippen LogP contribution in [-0.2, 0) is 6.54 Å². The molecule has 1 amide bonds. The second-order valence-corrected chi connectivity index (χ2v) is 7.16. The molecule has 0 saturated carbocycles. The average molecular weight is 408 g/mol. The Bertz CT molecular complexity index is 1220. The Morgan fingerprint density at radius 2 is 1.65 bits per heavy atom. The second-order valence-electron chi connectivity index (χ2n) is 7.16. The third-order valence-electron chi connectivity index (χ3n) is 4.83. The normalized spacial score (nSPS) is 10.5. The van der Waals surface area contributed by atoms with Crippen molar-refractivity contribution in [3.05, 3.63) is 95.6 Å². The first kappa shape index (κ1) is 20.0. The smallest absolute Gasteiger partial charge is 0.255 e. The van der Waals surface area contributed by atoms with Crippen molar-refractivity contribution < 1.29 is 9.21 Å². The molecule has 0 aliphatic rings. The van der Waals surface area contributed by atoms with E-state index >= 15 is 0 Å². The zero-order chi connectivity index (χ0) is 21.6. The van der Waals surface area contributed by atoms with Gasteiger partial charge in [-0.1, -0.05) is 48.0 Å². The van der Waals surface area contributed by atoms with Crippen LogP contribution < -0.4 is 0 Å². The predicted molar refractivity (Wildman–Crippen MR) is 117 cm³/mol. The van der Waals surface area contributed by atoms with Gasteiger partial charge in [0.25, 0.3) is 5.91 Å². The van der Waals surface area contributed by atoms with Crippen molar-refractivity contribution in [2.75, 3.05) is 6.54 Å². The summed E-state index contributed by atoms with van der Waals surface area (Å²) < 4.78 is 5.82. The number of amides is 1. The summed E-state index contributed by atoms with van der Waals surface area (Å²) in [5.74, 6) is 0.624. The standard InChI is InChI=1S/C25H20N4O2/c1-18-6-5-9-22(16-18)24-28-27-23(31-24)20-10-12-21(13-11-20)25(30)29(15-14-26)17-19-7-3-2-4-8-19/h2-13,16H,15,17H2,1H3. The summed E-state index contributed by atoms with van der Waals surface area (Å²) in [5.41, 5.74) is 4.15. The Kier molecular flexibility index (Phi) is 5.86. The van der Waals surface area contributed by atoms with Gasteiger partial charge in [-0.15, -0.1) is 10.2 Å². The SMILES string of the molecule is Cc1cccc(-c2nnc(-c3ccc(C(=O)N(CC#N)Cc4ccccc4)cc3)o2)c1. The van der Waals surface area contributed by atoms with Gasteiger partial charge in [0.15, 0.2) is 0 Å². The molecule has 4 rings (SSSR count). The Labute approximate surface area is 180 Å². The molecule has 3 aromatic carbocycles. The Hall–Kier alpha value is -4.24. The lowest BCUT2D eigenvalue weighted by atomic mass is 10.1. The molecular weight excluding hydrogens is 388 g/mol. The highest BCUT2D eigenvalue weighted by molar-refractivity contribution is 5.94. The number of carbonyl (C=O) groups excluding carboxylic acids is 1. The number of nitriles is 1. The maximum atomic E-state index is 12.9. The first-order chi connectivity index (χ1) is 15.1. The maximum Gasteiger partial charge on any atom is 0.255 e. The highest BCUT2D eigenvalue weighted by atomic mass is 16.4. The van der Waals surface area contributed by atoms with E-state index < -0.39 is 0 Å². The molecule has 0 radical (unpaired) electrons. The summed E-state index contributed by atoms with van der Waals surface area (Å²) in [6.45, 7) is 2.39. The largest absolute Gasteiger partial charge is 0.416 e. The fraction of sp³-hybridized carbons (Fsp3) is 0.120. The molecule has 4 aromatic rings. The molecule has 0 spiro atoms. The van der Waals surface area contributed by atoms with Crippen LogP contribution in [0.4, 0.5) is 0 Å². The zero-order valence-corrected chi connectivity index (χ0v) is 17.0. The minimum Gasteiger partial charge on any atom is -0.416 e. The van der Waals surface area contributed by atoms with Gasteiger partial charge in [0.2, 0.25) is 11.8 Å². The van der Waals surface area contributed by atoms with Crippen molar-refractivity contribution in [2.24, 2.45) is 0 Å². The number of nitrogens with zero attached hydrogens (tertiary/aromatic N) is 4. The minimum atomic E-state index is -0.206. The Balaban J connectivity index is 1.52. The Morgan fingerprint density at radius 1 is 0.935 bits per heavy atom. The van der Waals surface area contributed by atoms with Gasteiger partial charge in [-0.05, 0) is 48.9 Å². The van der Waals surface area contributed by atoms with E-state index in [0.717, 1.165) is 22.3 Å². The highest BCUT2D eigenvalue weighted by Crippen LogP contribution is 2.25. The van der Waals surface area contributed by atoms with E-state index in [2.05, 4.69) is 16.3 Å². The first-order valence-corrected chi connectivity index (χ1v) is 9.85. The summed E-state index contributed by atoms with van der Waals surface area (Å²) in [4.78, 5) is 14.5. The van der Waals surface area contributed by atoms with Gasteiger partial charge >= 0.3 is 0 Å². The molecule has 6 heteroatoms. The van der Waals surface area contributed by atoms with Crippen LogP contribution in [0.5, 0.6) is 0 Å². The second kappa shape index (κ2) is 9.06. The topological polar surface area (TPSA) is 83.0 Å². The molecule has 0 atom stereocenters. The van der Waals surface area contributed by atoms with Crippen LogP contribution in [0.25, 0.3) is 22.9 Å². The molecule has 6 nitrogen and oxygen atoms in total. The molecule has 0 aliphatic heterocycles. The molecule has 0 N–H and O–H groups in total. The lowest BCUT2D eigenvalue weighted by Crippen LogP contribution is -2.30. The van der Waals surface area contributed by atoms with Gasteiger partial charge in [0, 0.05) is 23.2 Å². The first-order valence-electron chi connectivity index (χ1n) is 9.85. The monoisotopic (exact) mass is 408 g/mol. The van der Waals surface area contributed by atoms with Gasteiger partial charge in [0.05, 0.1) is 6.07 Å². The number of aromatic nitrogens is 2. The lowest BCUT2D eigenvalue weighted by Gasteiger charge is -2.19. The molecule has 1 aromatic heterocycles. The number of hydrogen-bond acceptors (Lipinski definition) is 5. The molecule has 1 heterocycles. The number of hydrogen-bond donors (Lipinski definition) is 0. The van der Waals surface area contributed by atoms with E-state index in [0.29, 0.717) is 23.9 Å². The molecule has 152 valence electrons. The Morgan fingerprint density at radius 3 is 2.32 bits per heavy atom. The van der Waals surface area contributed by atoms with Crippen LogP contribution in [0.3, 0.4) is 0 Å². The van der Waals surface area contributed by atoms with E-state index in [9.17, 15) is 4.79 Å². The van der Waals surface area contributed by atoms with Crippen molar-refractivity contribution in [3.8, 4) is 29.0 Å². The van der Waals surface area contributed by atoms with Crippen molar-refractivity contribution >= 4 is 5.91 Å². The van der Waals surface area contributed by atoms with Gasteiger partial charge in [-0.3, -0.25) is 4.79 Å². The van der Waals surface area contributed by atoms with Crippen molar-refractivity contribution in [1.29, 1.82) is 5.26 Å². The van der Waals surface area contributed by atoms with Crippen LogP contribution in [0.15, 0.2) is 83.3 Å². The number of aryl methyl sites for hydroxylation is 1. The summed E-state index contributed by atoms with van der Waals surface area (Å²) in [7, 11) is 0. The van der Waals surface area contributed by atoms with E-state index in [1.165, 1.54) is 4.90 Å². The average Bonchev–Trinajstić information content (AvgIpc) is 3.30. The zero-order valence-electron chi connectivity index (χ0n) is 17.0. The van der Waals surface area contributed by atoms with E-state index in [-0.39, 0.29) is 12.5 Å². The van der Waals surface area contributed by atoms with E-state index in [1.807, 2.05) is 61.5 Å². The summed E-state index contributed by atoms with van der Waals surface area (Å²) in [5, 5.41) is 17.4. The van der Waals surface area contributed by atoms with Crippen LogP contribution >= 0.6 is 0 Å². The fourth-order valence-corrected chi connectivity index (χ4v) is 3.26. The molecule has 0 aliphatic carbocycles. The molecule has 0 unspecified atom stereocenters. The third kappa shape index (κ3) is 4.68. The van der Waals surface area contributed by atoms with Crippen LogP contribution in [0.1, 0.15) is 21.5 Å². The third-order valence-corrected chi connectivity index (χ3v) is 4.83. The quantitative estimate of drug-likeness (QED) is 0.425. The summed E-state index contributed by atoms with van der Waals surface area (Å²) >= 11 is 0. The molecule has 0 saturated heterocycles. The minimum absolute atomic E-state index is 0.0129. The van der Waals surface area contributed by atoms with Gasteiger partial charge in [0.1, 0.15) is 6.54 Å². The highest BCUT2D eigenvalue weighted by Gasteiger charge is 2.17. The van der Waals surface area contributed by atoms with Crippen LogP contribution in [-0.4, -0.2) is 27.5 Å². The van der Waals surface area contributed by atoms with E-state index in [1.54, 1.807) is 24.3 Å². The number of rotatable bonds is 6. The van der Waals surface area contributed by atoms with Crippen molar-refractivity contribution in [1.82, 2.24) is 15.1 Å². The maximum absolute atomic E-state index is 12.9. The van der Waals surface area contributed by atoms with Crippen molar-refractivity contribution in [2.45, 2.75) is 13.5 Å². The molecule has 0 fully saturated rings. The summed E-state index contributed by atoms with van der Waals surface area (Å²) in [6, 6.07) is 26.5. The fourth-order valence-electron chi connectivity index (χ4n) is 3.26. The van der Waals surface area contributed by atoms with Crippen LogP contribution in [0.2, 0.25) is 0 Å². The predicted octanol–water partition coefficient (Wildman–Crippen LogP) is 4.88. The van der Waals surface area contributed by atoms with Gasteiger partial charge in [-0.2, -0.15) is 5.26 Å². The summed E-state index contributed by atoms with van der Waals surface area (Å²) in [6.07, 6.45) is 0. The number of benzene rings is 3. The lowest BCUT2D eigenvalue weighted by molar-refractivity contribution is 0.0765. The van der Waals surface area contributed by atoms with Gasteiger partial charge in [-0.25, -0.2) is 0 Å². The van der Waals surface area contributed by atoms with Crippen molar-refractivity contribution in [3.63, 3.8) is 0 Å². The molecular formula is C25H20N4O2. The van der Waals surface area contributed by atoms with Gasteiger partial charge < -0.3 is 9.32 Å². The number of carbonyl (C=O) groups is 1. The van der Waals surface area contributed by atoms with Crippen LogP contribution in [0, 0.1) is 18.3 Å².